The average Bonchev–Trinajstić information content (AvgIpc) is 3.22. The summed E-state index contributed by atoms with van der Waals surface area (Å²) < 4.78 is 35.3. The van der Waals surface area contributed by atoms with Gasteiger partial charge in [-0.25, -0.2) is 13.4 Å². The second-order valence-corrected chi connectivity index (χ2v) is 11.1. The number of aromatic nitrogens is 2. The first-order valence-electron chi connectivity index (χ1n) is 12.3. The van der Waals surface area contributed by atoms with Crippen LogP contribution >= 0.6 is 0 Å². The molecule has 1 N–H and O–H groups in total. The van der Waals surface area contributed by atoms with Crippen molar-refractivity contribution in [2.75, 3.05) is 57.4 Å². The molecule has 2 aromatic carbocycles. The minimum absolute atomic E-state index is 0.281. The van der Waals surface area contributed by atoms with E-state index in [9.17, 15) is 13.5 Å². The molecule has 0 bridgehead atoms. The van der Waals surface area contributed by atoms with Crippen LogP contribution in [0.25, 0.3) is 11.0 Å². The topological polar surface area (TPSA) is 91.1 Å². The summed E-state index contributed by atoms with van der Waals surface area (Å²) in [6, 6.07) is 12.7. The number of benzene rings is 2. The highest BCUT2D eigenvalue weighted by molar-refractivity contribution is 7.89. The highest BCUT2D eigenvalue weighted by atomic mass is 32.2. The Bertz CT molecular complexity index is 1260. The van der Waals surface area contributed by atoms with Gasteiger partial charge in [-0.3, -0.25) is 4.90 Å². The first-order valence-corrected chi connectivity index (χ1v) is 13.7. The number of ether oxygens (including phenoxy) is 1. The van der Waals surface area contributed by atoms with Gasteiger partial charge in [0.15, 0.2) is 0 Å². The summed E-state index contributed by atoms with van der Waals surface area (Å²) in [6.07, 6.45) is 0.973. The Morgan fingerprint density at radius 3 is 2.37 bits per heavy atom. The number of morpholine rings is 1. The van der Waals surface area contributed by atoms with Gasteiger partial charge in [-0.2, -0.15) is 4.31 Å². The third-order valence-electron chi connectivity index (χ3n) is 6.81. The number of piperazine rings is 1. The van der Waals surface area contributed by atoms with Crippen LogP contribution in [0.2, 0.25) is 0 Å². The standard InChI is InChI=1S/C25H33N5O4S/c1-2-9-30-24-8-7-22(35(32,33)29-14-16-34-17-15-29)18-23(24)26-25(30)19-27-10-12-28(13-11-27)20-3-5-21(31)6-4-20/h3-8,18,31H,2,9-17,19H2,1H3. The molecule has 0 unspecified atom stereocenters. The summed E-state index contributed by atoms with van der Waals surface area (Å²) >= 11 is 0. The number of nitrogens with zero attached hydrogens (tertiary/aromatic N) is 5. The second kappa shape index (κ2) is 10.1. The summed E-state index contributed by atoms with van der Waals surface area (Å²) in [5.41, 5.74) is 2.82. The van der Waals surface area contributed by atoms with E-state index in [1.54, 1.807) is 24.3 Å². The zero-order chi connectivity index (χ0) is 24.4. The Morgan fingerprint density at radius 1 is 0.971 bits per heavy atom. The second-order valence-electron chi connectivity index (χ2n) is 9.13. The zero-order valence-corrected chi connectivity index (χ0v) is 21.0. The number of aryl methyl sites for hydroxylation is 1. The Kier molecular flexibility index (Phi) is 6.97. The van der Waals surface area contributed by atoms with Crippen LogP contribution in [0.1, 0.15) is 19.2 Å². The van der Waals surface area contributed by atoms with Crippen molar-refractivity contribution in [1.82, 2.24) is 18.8 Å². The van der Waals surface area contributed by atoms with Crippen molar-refractivity contribution in [3.63, 3.8) is 0 Å². The molecule has 0 amide bonds. The Morgan fingerprint density at radius 2 is 1.69 bits per heavy atom. The number of fused-ring (bicyclic) bond motifs is 1. The Labute approximate surface area is 206 Å². The Hall–Kier alpha value is -2.66. The third-order valence-corrected chi connectivity index (χ3v) is 8.70. The predicted molar refractivity (Wildman–Crippen MR) is 135 cm³/mol. The lowest BCUT2D eigenvalue weighted by molar-refractivity contribution is 0.0730. The molecular formula is C25H33N5O4S. The molecule has 2 aliphatic heterocycles. The van der Waals surface area contributed by atoms with E-state index in [-0.39, 0.29) is 5.75 Å². The van der Waals surface area contributed by atoms with Crippen molar-refractivity contribution in [1.29, 1.82) is 0 Å². The fraction of sp³-hybridized carbons (Fsp3) is 0.480. The Balaban J connectivity index is 1.34. The maximum absolute atomic E-state index is 13.1. The monoisotopic (exact) mass is 499 g/mol. The SMILES string of the molecule is CCCn1c(CN2CCN(c3ccc(O)cc3)CC2)nc2cc(S(=O)(=O)N3CCOCC3)ccc21. The van der Waals surface area contributed by atoms with E-state index in [0.29, 0.717) is 31.2 Å². The molecule has 5 rings (SSSR count). The van der Waals surface area contributed by atoms with Crippen molar-refractivity contribution >= 4 is 26.7 Å². The van der Waals surface area contributed by atoms with Gasteiger partial charge in [0, 0.05) is 51.5 Å². The molecule has 1 aromatic heterocycles. The van der Waals surface area contributed by atoms with E-state index in [0.717, 1.165) is 68.2 Å². The molecule has 3 heterocycles. The van der Waals surface area contributed by atoms with E-state index in [1.165, 1.54) is 4.31 Å². The zero-order valence-electron chi connectivity index (χ0n) is 20.1. The summed E-state index contributed by atoms with van der Waals surface area (Å²) in [5.74, 6) is 1.25. The number of phenols is 1. The number of anilines is 1. The quantitative estimate of drug-likeness (QED) is 0.534. The van der Waals surface area contributed by atoms with Crippen molar-refractivity contribution in [3.8, 4) is 5.75 Å². The summed E-state index contributed by atoms with van der Waals surface area (Å²) in [4.78, 5) is 9.92. The van der Waals surface area contributed by atoms with Crippen LogP contribution < -0.4 is 4.90 Å². The molecule has 0 atom stereocenters. The predicted octanol–water partition coefficient (Wildman–Crippen LogP) is 2.50. The maximum Gasteiger partial charge on any atom is 0.243 e. The van der Waals surface area contributed by atoms with E-state index in [2.05, 4.69) is 21.3 Å². The maximum atomic E-state index is 13.1. The molecule has 9 nitrogen and oxygen atoms in total. The third kappa shape index (κ3) is 5.02. The molecule has 3 aromatic rings. The molecule has 0 spiro atoms. The van der Waals surface area contributed by atoms with Crippen LogP contribution in [0.3, 0.4) is 0 Å². The van der Waals surface area contributed by atoms with Crippen LogP contribution in [0, 0.1) is 0 Å². The van der Waals surface area contributed by atoms with Gasteiger partial charge in [0.05, 0.1) is 35.7 Å². The van der Waals surface area contributed by atoms with Crippen LogP contribution in [-0.4, -0.2) is 84.8 Å². The van der Waals surface area contributed by atoms with Crippen molar-refractivity contribution in [2.24, 2.45) is 0 Å². The molecule has 2 saturated heterocycles. The van der Waals surface area contributed by atoms with Crippen LogP contribution in [0.15, 0.2) is 47.4 Å². The van der Waals surface area contributed by atoms with Crippen molar-refractivity contribution in [3.05, 3.63) is 48.3 Å². The number of sulfonamides is 1. The molecule has 10 heteroatoms. The lowest BCUT2D eigenvalue weighted by atomic mass is 10.2. The van der Waals surface area contributed by atoms with Crippen LogP contribution in [-0.2, 0) is 27.8 Å². The lowest BCUT2D eigenvalue weighted by Gasteiger charge is -2.36. The van der Waals surface area contributed by atoms with Gasteiger partial charge in [-0.05, 0) is 48.9 Å². The number of rotatable bonds is 7. The molecule has 0 aliphatic carbocycles. The van der Waals surface area contributed by atoms with E-state index < -0.39 is 10.0 Å². The first-order chi connectivity index (χ1) is 17.0. The van der Waals surface area contributed by atoms with Gasteiger partial charge in [0.1, 0.15) is 11.6 Å². The molecular weight excluding hydrogens is 466 g/mol. The van der Waals surface area contributed by atoms with Crippen molar-refractivity contribution < 1.29 is 18.3 Å². The van der Waals surface area contributed by atoms with Gasteiger partial charge in [0.2, 0.25) is 10.0 Å². The largest absolute Gasteiger partial charge is 0.508 e. The van der Waals surface area contributed by atoms with Crippen LogP contribution in [0.4, 0.5) is 5.69 Å². The van der Waals surface area contributed by atoms with Gasteiger partial charge in [-0.1, -0.05) is 6.92 Å². The molecule has 188 valence electrons. The van der Waals surface area contributed by atoms with E-state index in [4.69, 9.17) is 9.72 Å². The van der Waals surface area contributed by atoms with Crippen LogP contribution in [0.5, 0.6) is 5.75 Å². The van der Waals surface area contributed by atoms with Gasteiger partial charge in [-0.15, -0.1) is 0 Å². The van der Waals surface area contributed by atoms with Gasteiger partial charge < -0.3 is 19.3 Å². The summed E-state index contributed by atoms with van der Waals surface area (Å²) in [6.45, 7) is 8.95. The highest BCUT2D eigenvalue weighted by Crippen LogP contribution is 2.25. The summed E-state index contributed by atoms with van der Waals surface area (Å²) in [5, 5.41) is 9.54. The normalized spacial score (nSPS) is 18.4. The summed E-state index contributed by atoms with van der Waals surface area (Å²) in [7, 11) is -3.56. The van der Waals surface area contributed by atoms with Gasteiger partial charge in [0.25, 0.3) is 0 Å². The van der Waals surface area contributed by atoms with Gasteiger partial charge >= 0.3 is 0 Å². The van der Waals surface area contributed by atoms with E-state index >= 15 is 0 Å². The number of hydrogen-bond donors (Lipinski definition) is 1. The number of hydrogen-bond acceptors (Lipinski definition) is 7. The first kappa shape index (κ1) is 24.1. The van der Waals surface area contributed by atoms with Crippen molar-refractivity contribution in [2.45, 2.75) is 31.3 Å². The number of aromatic hydroxyl groups is 1. The number of phenolic OH excluding ortho intramolecular Hbond substituents is 1. The minimum atomic E-state index is -3.56. The highest BCUT2D eigenvalue weighted by Gasteiger charge is 2.27. The smallest absolute Gasteiger partial charge is 0.243 e. The molecule has 0 saturated carbocycles. The molecule has 2 aliphatic rings. The van der Waals surface area contributed by atoms with E-state index in [1.807, 2.05) is 18.2 Å². The minimum Gasteiger partial charge on any atom is -0.508 e. The lowest BCUT2D eigenvalue weighted by Crippen LogP contribution is -2.46. The molecule has 0 radical (unpaired) electrons. The molecule has 2 fully saturated rings. The fourth-order valence-corrected chi connectivity index (χ4v) is 6.31. The fourth-order valence-electron chi connectivity index (χ4n) is 4.88. The number of imidazole rings is 1. The average molecular weight is 500 g/mol. The molecule has 35 heavy (non-hydrogen) atoms.